The molecule has 0 spiro atoms. The second kappa shape index (κ2) is 9.40. The van der Waals surface area contributed by atoms with Gasteiger partial charge in [-0.2, -0.15) is 0 Å². The van der Waals surface area contributed by atoms with Crippen LogP contribution in [0.15, 0.2) is 24.3 Å². The first-order valence-electron chi connectivity index (χ1n) is 7.73. The van der Waals surface area contributed by atoms with E-state index < -0.39 is 0 Å². The number of benzene rings is 1. The molecular weight excluding hydrogens is 264 g/mol. The van der Waals surface area contributed by atoms with Gasteiger partial charge in [-0.3, -0.25) is 4.79 Å². The summed E-state index contributed by atoms with van der Waals surface area (Å²) in [4.78, 5) is 12.0. The van der Waals surface area contributed by atoms with E-state index in [0.717, 1.165) is 17.7 Å². The number of amides is 1. The van der Waals surface area contributed by atoms with Crippen LogP contribution in [0.3, 0.4) is 0 Å². The van der Waals surface area contributed by atoms with Gasteiger partial charge in [0.2, 0.25) is 5.91 Å². The number of hydrogen-bond donors (Lipinski definition) is 2. The predicted molar refractivity (Wildman–Crippen MR) is 86.1 cm³/mol. The molecule has 0 aliphatic rings. The lowest BCUT2D eigenvalue weighted by Crippen LogP contribution is -2.28. The van der Waals surface area contributed by atoms with Crippen LogP contribution in [0.5, 0.6) is 5.75 Å². The van der Waals surface area contributed by atoms with Crippen molar-refractivity contribution in [2.45, 2.75) is 40.2 Å². The monoisotopic (exact) mass is 292 g/mol. The van der Waals surface area contributed by atoms with Crippen molar-refractivity contribution >= 4 is 5.91 Å². The number of carbonyl (C=O) groups is 1. The Morgan fingerprint density at radius 2 is 2.14 bits per heavy atom. The van der Waals surface area contributed by atoms with E-state index in [1.54, 1.807) is 0 Å². The summed E-state index contributed by atoms with van der Waals surface area (Å²) in [5, 5.41) is 2.96. The molecule has 0 aliphatic carbocycles. The highest BCUT2D eigenvalue weighted by molar-refractivity contribution is 5.76. The van der Waals surface area contributed by atoms with Crippen LogP contribution in [0.2, 0.25) is 0 Å². The molecule has 0 heterocycles. The van der Waals surface area contributed by atoms with Crippen molar-refractivity contribution in [3.05, 3.63) is 29.8 Å². The van der Waals surface area contributed by atoms with Crippen molar-refractivity contribution in [2.75, 3.05) is 13.2 Å². The van der Waals surface area contributed by atoms with Crippen LogP contribution < -0.4 is 15.8 Å². The number of hydrogen-bond acceptors (Lipinski definition) is 3. The molecule has 1 unspecified atom stereocenters. The highest BCUT2D eigenvalue weighted by Gasteiger charge is 2.13. The highest BCUT2D eigenvalue weighted by Crippen LogP contribution is 2.15. The fraction of sp³-hybridized carbons (Fsp3) is 0.588. The van der Waals surface area contributed by atoms with Crippen molar-refractivity contribution in [1.82, 2.24) is 5.32 Å². The van der Waals surface area contributed by atoms with Gasteiger partial charge in [0, 0.05) is 13.0 Å². The highest BCUT2D eigenvalue weighted by atomic mass is 16.5. The van der Waals surface area contributed by atoms with Crippen LogP contribution in [-0.4, -0.2) is 19.1 Å². The van der Waals surface area contributed by atoms with E-state index in [1.165, 1.54) is 0 Å². The molecule has 1 aromatic rings. The Bertz CT molecular complexity index is 433. The number of nitrogens with one attached hydrogen (secondary N) is 1. The van der Waals surface area contributed by atoms with E-state index in [2.05, 4.69) is 19.2 Å². The van der Waals surface area contributed by atoms with Crippen LogP contribution in [0.25, 0.3) is 0 Å². The summed E-state index contributed by atoms with van der Waals surface area (Å²) >= 11 is 0. The second-order valence-corrected chi connectivity index (χ2v) is 5.79. The molecule has 0 saturated carbocycles. The number of ether oxygens (including phenoxy) is 1. The van der Waals surface area contributed by atoms with Crippen molar-refractivity contribution in [3.63, 3.8) is 0 Å². The van der Waals surface area contributed by atoms with Gasteiger partial charge in [0.15, 0.2) is 0 Å². The van der Waals surface area contributed by atoms with Crippen LogP contribution in [0, 0.1) is 11.8 Å². The maximum atomic E-state index is 12.0. The number of nitrogens with two attached hydrogens (primary N) is 1. The lowest BCUT2D eigenvalue weighted by atomic mass is 9.94. The smallest absolute Gasteiger partial charge is 0.220 e. The molecular formula is C17H28N2O2. The molecule has 1 rings (SSSR count). The standard InChI is InChI=1S/C17H28N2O2/c1-4-21-16-7-5-6-14(9-16)12-19-17(20)10-15(11-18)8-13(2)3/h5-7,9,13,15H,4,8,10-12,18H2,1-3H3,(H,19,20). The van der Waals surface area contributed by atoms with Gasteiger partial charge in [-0.1, -0.05) is 26.0 Å². The average molecular weight is 292 g/mol. The molecule has 1 amide bonds. The van der Waals surface area contributed by atoms with Crippen molar-refractivity contribution < 1.29 is 9.53 Å². The van der Waals surface area contributed by atoms with Gasteiger partial charge in [0.05, 0.1) is 6.61 Å². The molecule has 0 radical (unpaired) electrons. The summed E-state index contributed by atoms with van der Waals surface area (Å²) in [5.41, 5.74) is 6.78. The summed E-state index contributed by atoms with van der Waals surface area (Å²) in [5.74, 6) is 1.73. The molecule has 0 saturated heterocycles. The Hall–Kier alpha value is -1.55. The minimum Gasteiger partial charge on any atom is -0.494 e. The summed E-state index contributed by atoms with van der Waals surface area (Å²) in [6.07, 6.45) is 1.49. The maximum Gasteiger partial charge on any atom is 0.220 e. The van der Waals surface area contributed by atoms with Crippen LogP contribution in [-0.2, 0) is 11.3 Å². The second-order valence-electron chi connectivity index (χ2n) is 5.79. The largest absolute Gasteiger partial charge is 0.494 e. The fourth-order valence-electron chi connectivity index (χ4n) is 2.38. The zero-order chi connectivity index (χ0) is 15.7. The quantitative estimate of drug-likeness (QED) is 0.735. The molecule has 21 heavy (non-hydrogen) atoms. The van der Waals surface area contributed by atoms with Crippen LogP contribution >= 0.6 is 0 Å². The summed E-state index contributed by atoms with van der Waals surface area (Å²) in [6.45, 7) is 7.99. The zero-order valence-corrected chi connectivity index (χ0v) is 13.4. The van der Waals surface area contributed by atoms with Gasteiger partial charge in [-0.15, -0.1) is 0 Å². The van der Waals surface area contributed by atoms with Crippen molar-refractivity contribution in [1.29, 1.82) is 0 Å². The van der Waals surface area contributed by atoms with Crippen molar-refractivity contribution in [2.24, 2.45) is 17.6 Å². The molecule has 1 aromatic carbocycles. The number of rotatable bonds is 9. The third-order valence-corrected chi connectivity index (χ3v) is 3.31. The first-order chi connectivity index (χ1) is 10.0. The minimum atomic E-state index is 0.0629. The third kappa shape index (κ3) is 7.14. The van der Waals surface area contributed by atoms with Gasteiger partial charge < -0.3 is 15.8 Å². The van der Waals surface area contributed by atoms with Gasteiger partial charge >= 0.3 is 0 Å². The summed E-state index contributed by atoms with van der Waals surface area (Å²) in [7, 11) is 0. The minimum absolute atomic E-state index is 0.0629. The van der Waals surface area contributed by atoms with Crippen molar-refractivity contribution in [3.8, 4) is 5.75 Å². The Morgan fingerprint density at radius 3 is 2.76 bits per heavy atom. The molecule has 4 nitrogen and oxygen atoms in total. The normalized spacial score (nSPS) is 12.2. The van der Waals surface area contributed by atoms with Gasteiger partial charge in [-0.25, -0.2) is 0 Å². The van der Waals surface area contributed by atoms with Crippen LogP contribution in [0.4, 0.5) is 0 Å². The van der Waals surface area contributed by atoms with E-state index in [-0.39, 0.29) is 11.8 Å². The molecule has 0 aliphatic heterocycles. The maximum absolute atomic E-state index is 12.0. The lowest BCUT2D eigenvalue weighted by molar-refractivity contribution is -0.122. The van der Waals surface area contributed by atoms with E-state index >= 15 is 0 Å². The van der Waals surface area contributed by atoms with Gasteiger partial charge in [0.1, 0.15) is 5.75 Å². The first kappa shape index (κ1) is 17.5. The Balaban J connectivity index is 2.43. The average Bonchev–Trinajstić information content (AvgIpc) is 2.45. The Labute approximate surface area is 128 Å². The first-order valence-corrected chi connectivity index (χ1v) is 7.73. The summed E-state index contributed by atoms with van der Waals surface area (Å²) in [6, 6.07) is 7.80. The Morgan fingerprint density at radius 1 is 1.38 bits per heavy atom. The van der Waals surface area contributed by atoms with E-state index in [4.69, 9.17) is 10.5 Å². The fourth-order valence-corrected chi connectivity index (χ4v) is 2.38. The molecule has 118 valence electrons. The molecule has 0 fully saturated rings. The molecule has 3 N–H and O–H groups in total. The van der Waals surface area contributed by atoms with E-state index in [1.807, 2.05) is 31.2 Å². The van der Waals surface area contributed by atoms with Gasteiger partial charge in [-0.05, 0) is 49.4 Å². The molecule has 1 atom stereocenters. The predicted octanol–water partition coefficient (Wildman–Crippen LogP) is 2.71. The Kier molecular flexibility index (Phi) is 7.83. The topological polar surface area (TPSA) is 64.3 Å². The van der Waals surface area contributed by atoms with Gasteiger partial charge in [0.25, 0.3) is 0 Å². The van der Waals surface area contributed by atoms with E-state index in [0.29, 0.717) is 32.0 Å². The molecule has 0 bridgehead atoms. The number of carbonyl (C=O) groups excluding carboxylic acids is 1. The van der Waals surface area contributed by atoms with Crippen LogP contribution in [0.1, 0.15) is 39.2 Å². The third-order valence-electron chi connectivity index (χ3n) is 3.31. The molecule has 4 heteroatoms. The molecule has 0 aromatic heterocycles. The SMILES string of the molecule is CCOc1cccc(CNC(=O)CC(CN)CC(C)C)c1. The lowest BCUT2D eigenvalue weighted by Gasteiger charge is -2.16. The zero-order valence-electron chi connectivity index (χ0n) is 13.4. The van der Waals surface area contributed by atoms with E-state index in [9.17, 15) is 4.79 Å². The summed E-state index contributed by atoms with van der Waals surface area (Å²) < 4.78 is 5.45.